The Labute approximate surface area is 242 Å². The van der Waals surface area contributed by atoms with Crippen molar-refractivity contribution >= 4 is 38.3 Å². The first-order chi connectivity index (χ1) is 20.2. The fourth-order valence-electron chi connectivity index (χ4n) is 4.61. The van der Waals surface area contributed by atoms with E-state index in [0.29, 0.717) is 53.0 Å². The van der Waals surface area contributed by atoms with Gasteiger partial charge in [0.05, 0.1) is 21.5 Å². The van der Waals surface area contributed by atoms with Gasteiger partial charge in [0.15, 0.2) is 17.3 Å². The molecule has 0 aliphatic rings. The van der Waals surface area contributed by atoms with E-state index in [9.17, 15) is 22.7 Å². The number of anilines is 2. The molecule has 216 valence electrons. The zero-order valence-corrected chi connectivity index (χ0v) is 23.7. The number of amides is 1. The second kappa shape index (κ2) is 11.9. The minimum absolute atomic E-state index is 0.119. The van der Waals surface area contributed by atoms with Crippen molar-refractivity contribution in [2.75, 3.05) is 23.6 Å². The average molecular weight is 589 g/mol. The number of nitrogens with zero attached hydrogens (tertiary/aromatic N) is 3. The van der Waals surface area contributed by atoms with Crippen molar-refractivity contribution in [2.24, 2.45) is 0 Å². The maximum absolute atomic E-state index is 14.4. The van der Waals surface area contributed by atoms with E-state index in [4.69, 9.17) is 0 Å². The number of phenols is 1. The minimum Gasteiger partial charge on any atom is -0.505 e. The number of fused-ring (bicyclic) bond motifs is 1. The van der Waals surface area contributed by atoms with Crippen LogP contribution >= 0.6 is 0 Å². The molecule has 0 aliphatic heterocycles. The second-order valence-corrected chi connectivity index (χ2v) is 11.2. The highest BCUT2D eigenvalue weighted by Crippen LogP contribution is 2.31. The topological polar surface area (TPSA) is 138 Å². The van der Waals surface area contributed by atoms with Crippen LogP contribution in [0.15, 0.2) is 83.9 Å². The molecule has 10 nitrogen and oxygen atoms in total. The molecule has 3 aromatic carbocycles. The monoisotopic (exact) mass is 588 g/mol. The van der Waals surface area contributed by atoms with E-state index in [1.165, 1.54) is 36.0 Å². The highest BCUT2D eigenvalue weighted by molar-refractivity contribution is 7.92. The van der Waals surface area contributed by atoms with Crippen LogP contribution in [-0.2, 0) is 22.9 Å². The third-order valence-electron chi connectivity index (χ3n) is 6.76. The summed E-state index contributed by atoms with van der Waals surface area (Å²) < 4.78 is 43.6. The number of benzene rings is 3. The number of aromatic hydroxyl groups is 1. The van der Waals surface area contributed by atoms with Gasteiger partial charge in [0.1, 0.15) is 5.82 Å². The number of phenolic OH excluding ortho intramolecular Hbond substituents is 1. The standard InChI is InChI=1S/C30H29FN6O4S/c1-3-20-17-26(38)23(31)18-25(20)37-24-14-16-34-29(27(24)28(35-37)30(39)32-2)33-15-13-19-9-11-21(12-10-19)36-42(40,41)22-7-5-4-6-8-22/h4-12,14,16-18,36,38H,3,13,15H2,1-2H3,(H,32,39)(H,33,34). The first-order valence-corrected chi connectivity index (χ1v) is 14.7. The maximum Gasteiger partial charge on any atom is 0.272 e. The number of hydrogen-bond acceptors (Lipinski definition) is 7. The lowest BCUT2D eigenvalue weighted by atomic mass is 10.1. The summed E-state index contributed by atoms with van der Waals surface area (Å²) in [5.41, 5.74) is 3.12. The summed E-state index contributed by atoms with van der Waals surface area (Å²) in [6.45, 7) is 2.33. The molecule has 0 fully saturated rings. The van der Waals surface area contributed by atoms with Gasteiger partial charge in [-0.25, -0.2) is 22.5 Å². The van der Waals surface area contributed by atoms with E-state index in [-0.39, 0.29) is 10.6 Å². The van der Waals surface area contributed by atoms with E-state index in [1.54, 1.807) is 42.6 Å². The highest BCUT2D eigenvalue weighted by Gasteiger charge is 2.23. The molecule has 5 rings (SSSR count). The Balaban J connectivity index is 1.37. The number of sulfonamides is 1. The van der Waals surface area contributed by atoms with Crippen LogP contribution in [0.4, 0.5) is 15.9 Å². The van der Waals surface area contributed by atoms with Crippen LogP contribution in [0.25, 0.3) is 16.6 Å². The second-order valence-electron chi connectivity index (χ2n) is 9.47. The lowest BCUT2D eigenvalue weighted by molar-refractivity contribution is 0.0959. The lowest BCUT2D eigenvalue weighted by Gasteiger charge is -2.11. The van der Waals surface area contributed by atoms with Gasteiger partial charge >= 0.3 is 0 Å². The number of nitrogens with one attached hydrogen (secondary N) is 3. The van der Waals surface area contributed by atoms with Gasteiger partial charge < -0.3 is 15.7 Å². The molecule has 0 unspecified atom stereocenters. The molecule has 5 aromatic rings. The normalized spacial score (nSPS) is 11.4. The van der Waals surface area contributed by atoms with Gasteiger partial charge in [0.25, 0.3) is 15.9 Å². The predicted molar refractivity (Wildman–Crippen MR) is 159 cm³/mol. The van der Waals surface area contributed by atoms with Crippen LogP contribution in [-0.4, -0.2) is 47.8 Å². The van der Waals surface area contributed by atoms with Crippen LogP contribution in [0.1, 0.15) is 28.5 Å². The van der Waals surface area contributed by atoms with E-state index in [0.717, 1.165) is 5.56 Å². The first kappa shape index (κ1) is 28.6. The molecule has 0 saturated heterocycles. The molecule has 0 bridgehead atoms. The molecule has 0 radical (unpaired) electrons. The van der Waals surface area contributed by atoms with E-state index >= 15 is 0 Å². The Morgan fingerprint density at radius 3 is 2.48 bits per heavy atom. The summed E-state index contributed by atoms with van der Waals surface area (Å²) in [5.74, 6) is -1.24. The molecule has 0 saturated carbocycles. The first-order valence-electron chi connectivity index (χ1n) is 13.2. The van der Waals surface area contributed by atoms with Crippen LogP contribution in [0.3, 0.4) is 0 Å². The maximum atomic E-state index is 14.4. The molecule has 4 N–H and O–H groups in total. The Hall–Kier alpha value is -4.97. The van der Waals surface area contributed by atoms with Gasteiger partial charge in [-0.3, -0.25) is 9.52 Å². The quantitative estimate of drug-likeness (QED) is 0.186. The number of carbonyl (C=O) groups is 1. The van der Waals surface area contributed by atoms with Crippen LogP contribution < -0.4 is 15.4 Å². The van der Waals surface area contributed by atoms with Crippen molar-refractivity contribution in [3.63, 3.8) is 0 Å². The van der Waals surface area contributed by atoms with Crippen molar-refractivity contribution in [1.82, 2.24) is 20.1 Å². The molecule has 2 heterocycles. The zero-order chi connectivity index (χ0) is 29.9. The largest absolute Gasteiger partial charge is 0.505 e. The van der Waals surface area contributed by atoms with Crippen molar-refractivity contribution in [2.45, 2.75) is 24.7 Å². The highest BCUT2D eigenvalue weighted by atomic mass is 32.2. The fourth-order valence-corrected chi connectivity index (χ4v) is 5.69. The summed E-state index contributed by atoms with van der Waals surface area (Å²) in [4.78, 5) is 17.4. The van der Waals surface area contributed by atoms with Crippen molar-refractivity contribution < 1.29 is 22.7 Å². The number of aromatic nitrogens is 3. The summed E-state index contributed by atoms with van der Waals surface area (Å²) in [6.07, 6.45) is 2.66. The molecule has 0 aliphatic carbocycles. The third-order valence-corrected chi connectivity index (χ3v) is 8.16. The van der Waals surface area contributed by atoms with Crippen LogP contribution in [0.2, 0.25) is 0 Å². The molecule has 0 spiro atoms. The lowest BCUT2D eigenvalue weighted by Crippen LogP contribution is -2.19. The number of hydrogen-bond donors (Lipinski definition) is 4. The molecular formula is C30H29FN6O4S. The summed E-state index contributed by atoms with van der Waals surface area (Å²) in [6, 6.07) is 19.5. The van der Waals surface area contributed by atoms with Gasteiger partial charge in [-0.05, 0) is 60.4 Å². The average Bonchev–Trinajstić information content (AvgIpc) is 3.39. The fraction of sp³-hybridized carbons (Fsp3) is 0.167. The Kier molecular flexibility index (Phi) is 8.07. The zero-order valence-electron chi connectivity index (χ0n) is 22.9. The predicted octanol–water partition coefficient (Wildman–Crippen LogP) is 4.64. The summed E-state index contributed by atoms with van der Waals surface area (Å²) >= 11 is 0. The third kappa shape index (κ3) is 5.75. The Morgan fingerprint density at radius 2 is 1.79 bits per heavy atom. The van der Waals surface area contributed by atoms with Gasteiger partial charge in [-0.15, -0.1) is 0 Å². The number of carbonyl (C=O) groups excluding carboxylic acids is 1. The van der Waals surface area contributed by atoms with Gasteiger partial charge in [0.2, 0.25) is 0 Å². The van der Waals surface area contributed by atoms with Crippen molar-refractivity contribution in [3.8, 4) is 11.4 Å². The van der Waals surface area contributed by atoms with E-state index in [2.05, 4.69) is 25.4 Å². The molecule has 12 heteroatoms. The summed E-state index contributed by atoms with van der Waals surface area (Å²) in [7, 11) is -2.19. The Morgan fingerprint density at radius 1 is 1.05 bits per heavy atom. The van der Waals surface area contributed by atoms with Crippen LogP contribution in [0.5, 0.6) is 5.75 Å². The smallest absolute Gasteiger partial charge is 0.272 e. The minimum atomic E-state index is -3.68. The molecule has 1 amide bonds. The Bertz CT molecular complexity index is 1860. The van der Waals surface area contributed by atoms with Crippen molar-refractivity contribution in [1.29, 1.82) is 0 Å². The SMILES string of the molecule is CCc1cc(O)c(F)cc1-n1nc(C(=O)NC)c2c(NCCc3ccc(NS(=O)(=O)c4ccccc4)cc3)nccc21. The summed E-state index contributed by atoms with van der Waals surface area (Å²) in [5, 5.41) is 20.7. The van der Waals surface area contributed by atoms with Gasteiger partial charge in [-0.1, -0.05) is 37.3 Å². The number of halogens is 1. The number of rotatable bonds is 10. The molecule has 0 atom stereocenters. The molecule has 2 aromatic heterocycles. The van der Waals surface area contributed by atoms with Gasteiger partial charge in [-0.2, -0.15) is 5.10 Å². The van der Waals surface area contributed by atoms with Crippen molar-refractivity contribution in [3.05, 3.63) is 102 Å². The van der Waals surface area contributed by atoms with Gasteiger partial charge in [0, 0.05) is 31.5 Å². The molecular weight excluding hydrogens is 559 g/mol. The van der Waals surface area contributed by atoms with E-state index < -0.39 is 27.5 Å². The van der Waals surface area contributed by atoms with Crippen LogP contribution in [0, 0.1) is 5.82 Å². The number of pyridine rings is 1. The van der Waals surface area contributed by atoms with E-state index in [1.807, 2.05) is 19.1 Å². The number of aryl methyl sites for hydroxylation is 1. The molecule has 42 heavy (non-hydrogen) atoms.